The minimum Gasteiger partial charge on any atom is -0.458 e. The quantitative estimate of drug-likeness (QED) is 0.191. The normalized spacial score (nSPS) is 15.0. The van der Waals surface area contributed by atoms with E-state index in [2.05, 4.69) is 15.6 Å². The molecule has 1 saturated heterocycles. The average Bonchev–Trinajstić information content (AvgIpc) is 3.42. The second-order valence-electron chi connectivity index (χ2n) is 12.6. The molecule has 1 aliphatic heterocycles. The van der Waals surface area contributed by atoms with E-state index in [9.17, 15) is 19.2 Å². The van der Waals surface area contributed by atoms with Gasteiger partial charge in [-0.15, -0.1) is 0 Å². The van der Waals surface area contributed by atoms with Gasteiger partial charge in [0.05, 0.1) is 0 Å². The Morgan fingerprint density at radius 1 is 0.911 bits per heavy atom. The zero-order valence-corrected chi connectivity index (χ0v) is 26.7. The first-order valence-electron chi connectivity index (χ1n) is 15.6. The molecule has 5 N–H and O–H groups in total. The number of nitrogens with one attached hydrogen (secondary N) is 3. The number of carbonyl (C=O) groups excluding carboxylic acids is 4. The zero-order valence-electron chi connectivity index (χ0n) is 26.7. The number of para-hydroxylation sites is 1. The van der Waals surface area contributed by atoms with Crippen LogP contribution in [0.25, 0.3) is 10.9 Å². The molecule has 1 fully saturated rings. The minimum absolute atomic E-state index is 0.0746. The van der Waals surface area contributed by atoms with Gasteiger partial charge in [0.2, 0.25) is 5.91 Å². The van der Waals surface area contributed by atoms with Crippen LogP contribution >= 0.6 is 0 Å². The number of nitrogens with zero attached hydrogens (tertiary/aromatic N) is 2. The Balaban J connectivity index is 1.47. The van der Waals surface area contributed by atoms with Crippen LogP contribution in [0.1, 0.15) is 61.5 Å². The summed E-state index contributed by atoms with van der Waals surface area (Å²) in [6.45, 7) is 9.17. The van der Waals surface area contributed by atoms with Crippen molar-refractivity contribution in [3.8, 4) is 0 Å². The molecule has 0 aliphatic carbocycles. The maximum Gasteiger partial charge on any atom is 0.329 e. The number of H-pyrrole nitrogens is 1. The van der Waals surface area contributed by atoms with E-state index >= 15 is 0 Å². The van der Waals surface area contributed by atoms with Crippen molar-refractivity contribution in [1.82, 2.24) is 25.4 Å². The number of aryl methyl sites for hydroxylation is 1. The summed E-state index contributed by atoms with van der Waals surface area (Å²) >= 11 is 0. The summed E-state index contributed by atoms with van der Waals surface area (Å²) in [6.07, 6.45) is 3.73. The number of aromatic nitrogens is 1. The van der Waals surface area contributed by atoms with Crippen LogP contribution in [0, 0.1) is 6.92 Å². The Morgan fingerprint density at radius 3 is 2.24 bits per heavy atom. The van der Waals surface area contributed by atoms with Gasteiger partial charge in [-0.3, -0.25) is 9.59 Å². The number of hydrogen-bond donors (Lipinski definition) is 4. The number of piperazine rings is 1. The first-order valence-corrected chi connectivity index (χ1v) is 15.6. The van der Waals surface area contributed by atoms with Crippen LogP contribution in [0.3, 0.4) is 0 Å². The molecular weight excluding hydrogens is 572 g/mol. The molecule has 45 heavy (non-hydrogen) atoms. The molecule has 1 aromatic heterocycles. The molecule has 0 saturated carbocycles. The number of nitrogens with two attached hydrogens (primary N) is 1. The van der Waals surface area contributed by atoms with Crippen molar-refractivity contribution in [3.05, 3.63) is 71.4 Å². The number of amides is 4. The molecule has 3 aromatic rings. The predicted octanol–water partition coefficient (Wildman–Crippen LogP) is 3.51. The van der Waals surface area contributed by atoms with Gasteiger partial charge in [0, 0.05) is 55.3 Å². The van der Waals surface area contributed by atoms with Crippen LogP contribution < -0.4 is 16.4 Å². The lowest BCUT2D eigenvalue weighted by Crippen LogP contribution is -2.58. The molecule has 242 valence electrons. The number of carbonyl (C=O) groups is 4. The second-order valence-corrected chi connectivity index (χ2v) is 12.6. The maximum atomic E-state index is 13.8. The molecule has 0 unspecified atom stereocenters. The molecule has 4 amide bonds. The standard InChI is InChI=1S/C34H46N6O5/c1-23-12-14-24(15-13-23)31(42)39-17-19-40(20-18-39)33(44)38-29(21-25-22-36-27-10-6-5-9-26(25)27)30(41)37-28(11-7-8-16-35)32(43)45-34(2,3)4/h5-6,9-10,12-15,22,28-29,36H,7-8,11,16-21,35H2,1-4H3,(H,37,41)(H,38,44)/t28-,29-/m0/s1. The number of ether oxygens (including phenoxy) is 1. The topological polar surface area (TPSA) is 150 Å². The summed E-state index contributed by atoms with van der Waals surface area (Å²) in [5.41, 5.74) is 8.40. The number of rotatable bonds is 11. The van der Waals surface area contributed by atoms with Crippen LogP contribution in [0.4, 0.5) is 4.79 Å². The van der Waals surface area contributed by atoms with Crippen molar-refractivity contribution in [3.63, 3.8) is 0 Å². The van der Waals surface area contributed by atoms with Crippen LogP contribution in [0.2, 0.25) is 0 Å². The van der Waals surface area contributed by atoms with Crippen molar-refractivity contribution in [2.45, 2.75) is 71.1 Å². The Bertz CT molecular complexity index is 1470. The lowest BCUT2D eigenvalue weighted by molar-refractivity contribution is -0.159. The highest BCUT2D eigenvalue weighted by molar-refractivity contribution is 5.95. The highest BCUT2D eigenvalue weighted by Crippen LogP contribution is 2.20. The van der Waals surface area contributed by atoms with Gasteiger partial charge in [-0.1, -0.05) is 35.9 Å². The van der Waals surface area contributed by atoms with Crippen LogP contribution in [-0.4, -0.2) is 89.0 Å². The van der Waals surface area contributed by atoms with Gasteiger partial charge in [0.1, 0.15) is 17.7 Å². The first kappa shape index (κ1) is 33.5. The third-order valence-corrected chi connectivity index (χ3v) is 7.82. The summed E-state index contributed by atoms with van der Waals surface area (Å²) in [5.74, 6) is -1.08. The monoisotopic (exact) mass is 618 g/mol. The van der Waals surface area contributed by atoms with E-state index in [0.29, 0.717) is 57.5 Å². The van der Waals surface area contributed by atoms with E-state index in [4.69, 9.17) is 10.5 Å². The summed E-state index contributed by atoms with van der Waals surface area (Å²) in [6, 6.07) is 12.9. The Labute approximate surface area is 264 Å². The number of aromatic amines is 1. The number of unbranched alkanes of at least 4 members (excludes halogenated alkanes) is 1. The molecular formula is C34H46N6O5. The number of benzene rings is 2. The first-order chi connectivity index (χ1) is 21.4. The second kappa shape index (κ2) is 15.1. The number of fused-ring (bicyclic) bond motifs is 1. The fourth-order valence-electron chi connectivity index (χ4n) is 5.35. The maximum absolute atomic E-state index is 13.8. The number of urea groups is 1. The molecule has 0 radical (unpaired) electrons. The number of hydrogen-bond acceptors (Lipinski definition) is 6. The van der Waals surface area contributed by atoms with Gasteiger partial charge < -0.3 is 35.9 Å². The van der Waals surface area contributed by atoms with Gasteiger partial charge >= 0.3 is 12.0 Å². The van der Waals surface area contributed by atoms with E-state index in [1.807, 2.05) is 61.7 Å². The Kier molecular flexibility index (Phi) is 11.2. The number of esters is 1. The van der Waals surface area contributed by atoms with Gasteiger partial charge in [-0.2, -0.15) is 0 Å². The van der Waals surface area contributed by atoms with Gasteiger partial charge in [0.25, 0.3) is 5.91 Å². The average molecular weight is 619 g/mol. The van der Waals surface area contributed by atoms with Crippen LogP contribution in [0.15, 0.2) is 54.7 Å². The molecule has 0 spiro atoms. The molecule has 2 atom stereocenters. The van der Waals surface area contributed by atoms with E-state index < -0.39 is 35.6 Å². The fraction of sp³-hybridized carbons (Fsp3) is 0.471. The van der Waals surface area contributed by atoms with E-state index in [1.54, 1.807) is 30.6 Å². The summed E-state index contributed by atoms with van der Waals surface area (Å²) in [5, 5.41) is 6.72. The Hall–Kier alpha value is -4.38. The SMILES string of the molecule is Cc1ccc(C(=O)N2CCN(C(=O)N[C@@H](Cc3c[nH]c4ccccc34)C(=O)N[C@@H](CCCCN)C(=O)OC(C)(C)C)CC2)cc1. The van der Waals surface area contributed by atoms with E-state index in [1.165, 1.54) is 0 Å². The lowest BCUT2D eigenvalue weighted by atomic mass is 10.0. The molecule has 11 heteroatoms. The summed E-state index contributed by atoms with van der Waals surface area (Å²) in [4.78, 5) is 60.0. The van der Waals surface area contributed by atoms with Crippen molar-refractivity contribution in [2.75, 3.05) is 32.7 Å². The lowest BCUT2D eigenvalue weighted by Gasteiger charge is -2.35. The summed E-state index contributed by atoms with van der Waals surface area (Å²) < 4.78 is 5.60. The highest BCUT2D eigenvalue weighted by atomic mass is 16.6. The van der Waals surface area contributed by atoms with Gasteiger partial charge in [-0.05, 0) is 77.3 Å². The third-order valence-electron chi connectivity index (χ3n) is 7.82. The van der Waals surface area contributed by atoms with E-state index in [0.717, 1.165) is 22.0 Å². The summed E-state index contributed by atoms with van der Waals surface area (Å²) in [7, 11) is 0. The predicted molar refractivity (Wildman–Crippen MR) is 174 cm³/mol. The van der Waals surface area contributed by atoms with Gasteiger partial charge in [-0.25, -0.2) is 9.59 Å². The highest BCUT2D eigenvalue weighted by Gasteiger charge is 2.32. The van der Waals surface area contributed by atoms with Crippen molar-refractivity contribution in [1.29, 1.82) is 0 Å². The largest absolute Gasteiger partial charge is 0.458 e. The molecule has 4 rings (SSSR count). The van der Waals surface area contributed by atoms with Crippen LogP contribution in [0.5, 0.6) is 0 Å². The Morgan fingerprint density at radius 2 is 1.58 bits per heavy atom. The molecule has 2 heterocycles. The van der Waals surface area contributed by atoms with E-state index in [-0.39, 0.29) is 12.3 Å². The molecule has 0 bridgehead atoms. The third kappa shape index (κ3) is 9.31. The van der Waals surface area contributed by atoms with Crippen molar-refractivity contribution >= 4 is 34.7 Å². The zero-order chi connectivity index (χ0) is 32.6. The molecule has 2 aromatic carbocycles. The molecule has 11 nitrogen and oxygen atoms in total. The molecule has 1 aliphatic rings. The minimum atomic E-state index is -0.969. The van der Waals surface area contributed by atoms with Crippen molar-refractivity contribution < 1.29 is 23.9 Å². The smallest absolute Gasteiger partial charge is 0.329 e. The van der Waals surface area contributed by atoms with Crippen molar-refractivity contribution in [2.24, 2.45) is 5.73 Å². The van der Waals surface area contributed by atoms with Crippen LogP contribution in [-0.2, 0) is 20.7 Å². The fourth-order valence-corrected chi connectivity index (χ4v) is 5.35. The van der Waals surface area contributed by atoms with Gasteiger partial charge in [0.15, 0.2) is 0 Å².